The number of benzene rings is 15. The van der Waals surface area contributed by atoms with E-state index in [1.54, 1.807) is 200 Å². The highest BCUT2D eigenvalue weighted by atomic mass is 19.2. The van der Waals surface area contributed by atoms with Crippen LogP contribution in [0.3, 0.4) is 0 Å². The summed E-state index contributed by atoms with van der Waals surface area (Å²) in [4.78, 5) is 61.1. The third kappa shape index (κ3) is 29.2. The molecule has 682 valence electrons. The van der Waals surface area contributed by atoms with Crippen molar-refractivity contribution in [3.05, 3.63) is 446 Å². The zero-order valence-corrected chi connectivity index (χ0v) is 75.8. The van der Waals surface area contributed by atoms with Crippen LogP contribution in [0.5, 0.6) is 28.7 Å². The van der Waals surface area contributed by atoms with Crippen molar-refractivity contribution in [2.75, 3.05) is 0 Å². The molecule has 0 amide bonds. The first-order chi connectivity index (χ1) is 66.2. The number of hydrogen-bond donors (Lipinski definition) is 0. The van der Waals surface area contributed by atoms with Gasteiger partial charge in [0.25, 0.3) is 0 Å². The zero-order valence-electron chi connectivity index (χ0n) is 75.8. The van der Waals surface area contributed by atoms with Gasteiger partial charge in [0.2, 0.25) is 0 Å². The molecule has 0 spiro atoms. The van der Waals surface area contributed by atoms with Gasteiger partial charge in [0, 0.05) is 48.8 Å². The van der Waals surface area contributed by atoms with Crippen molar-refractivity contribution in [2.45, 2.75) is 98.8 Å². The van der Waals surface area contributed by atoms with Gasteiger partial charge >= 0.3 is 29.8 Å². The number of aryl methyl sites for hydroxylation is 10. The summed E-state index contributed by atoms with van der Waals surface area (Å²) < 4.78 is 126. The monoisotopic (exact) mass is 1830 g/mol. The van der Waals surface area contributed by atoms with Crippen LogP contribution in [0.1, 0.15) is 140 Å². The van der Waals surface area contributed by atoms with Gasteiger partial charge in [-0.2, -0.15) is 0 Å². The van der Waals surface area contributed by atoms with Crippen LogP contribution in [0.4, 0.5) is 30.7 Å². The van der Waals surface area contributed by atoms with Gasteiger partial charge in [0.1, 0.15) is 46.2 Å². The Morgan fingerprint density at radius 1 is 0.234 bits per heavy atom. The first kappa shape index (κ1) is 101. The fraction of sp³-hybridized carbons (Fsp3) is 0.125. The summed E-state index contributed by atoms with van der Waals surface area (Å²) in [6, 6.07) is 90.4. The molecule has 0 atom stereocenters. The molecule has 15 aromatic rings. The lowest BCUT2D eigenvalue weighted by Gasteiger charge is -2.09. The first-order valence-electron chi connectivity index (χ1n) is 43.6. The van der Waals surface area contributed by atoms with Gasteiger partial charge in [0.15, 0.2) is 23.3 Å². The lowest BCUT2D eigenvalue weighted by molar-refractivity contribution is 0.0720. The second kappa shape index (κ2) is 50.0. The van der Waals surface area contributed by atoms with E-state index in [-0.39, 0.29) is 39.9 Å². The van der Waals surface area contributed by atoms with E-state index in [9.17, 15) is 54.7 Å². The van der Waals surface area contributed by atoms with E-state index < -0.39 is 58.7 Å². The molecule has 0 bridgehead atoms. The van der Waals surface area contributed by atoms with Crippen LogP contribution >= 0.6 is 0 Å². The van der Waals surface area contributed by atoms with Crippen molar-refractivity contribution in [3.8, 4) is 146 Å². The Kier molecular flexibility index (Phi) is 36.7. The summed E-state index contributed by atoms with van der Waals surface area (Å²) in [5, 5.41) is 0. The van der Waals surface area contributed by atoms with Crippen molar-refractivity contribution >= 4 is 29.8 Å². The van der Waals surface area contributed by atoms with Crippen LogP contribution in [0.2, 0.25) is 0 Å². The number of carbonyl (C=O) groups is 5. The zero-order chi connectivity index (χ0) is 97.9. The number of hydrogen-bond acceptors (Lipinski definition) is 10. The minimum Gasteiger partial charge on any atom is -0.423 e. The number of terminal acetylenes is 5. The minimum absolute atomic E-state index is 0.0897. The highest BCUT2D eigenvalue weighted by molar-refractivity contribution is 5.94. The van der Waals surface area contributed by atoms with Crippen molar-refractivity contribution < 1.29 is 78.4 Å². The molecule has 10 nitrogen and oxygen atoms in total. The predicted molar refractivity (Wildman–Crippen MR) is 526 cm³/mol. The summed E-state index contributed by atoms with van der Waals surface area (Å²) in [6.45, 7) is 9.29. The fourth-order valence-corrected chi connectivity index (χ4v) is 13.7. The number of carbonyl (C=O) groups excluding carboxylic acids is 5. The van der Waals surface area contributed by atoms with E-state index >= 15 is 0 Å². The molecule has 0 aromatic heterocycles. The smallest absolute Gasteiger partial charge is 0.346 e. The predicted octanol–water partition coefficient (Wildman–Crippen LogP) is 28.2. The van der Waals surface area contributed by atoms with Gasteiger partial charge in [-0.1, -0.05) is 210 Å². The SMILES string of the molecule is C#CCCc1ccc(-c2ccc(C(=O)Oc3ccc(C)cc3)cc2)c(F)c1.C#CCCc1ccc(-c2ccc(OC(=O)c3ccc(C)cc3)cc2)cc1F.C#CCCc1ccc(-c2ccc(OC(=O)c3ccc(C)cc3)cc2)cc1F.C#CCCc1ccc(C(=O)Oc2ccc(-c3ccc(C)c(F)c3F)cc2)cc1.C#CCCc1ccc(OC(=O)c2ccc(-c3ccc(C)cc3)c(F)c2F)cc1. The van der Waals surface area contributed by atoms with E-state index in [2.05, 4.69) is 29.6 Å². The summed E-state index contributed by atoms with van der Waals surface area (Å²) in [5.74, 6) is 7.03. The average Bonchev–Trinajstić information content (AvgIpc) is 0.796. The van der Waals surface area contributed by atoms with Gasteiger partial charge in [-0.3, -0.25) is 0 Å². The fourth-order valence-electron chi connectivity index (χ4n) is 13.7. The lowest BCUT2D eigenvalue weighted by atomic mass is 10.0. The molecular formula is C120H93F7O10. The van der Waals surface area contributed by atoms with Crippen molar-refractivity contribution in [1.29, 1.82) is 0 Å². The van der Waals surface area contributed by atoms with E-state index in [0.29, 0.717) is 136 Å². The molecule has 0 N–H and O–H groups in total. The molecule has 137 heavy (non-hydrogen) atoms. The third-order valence-electron chi connectivity index (χ3n) is 21.6. The van der Waals surface area contributed by atoms with Crippen LogP contribution in [0.15, 0.2) is 322 Å². The molecule has 0 aliphatic rings. The maximum absolute atomic E-state index is 14.5. The molecule has 0 aliphatic carbocycles. The largest absolute Gasteiger partial charge is 0.423 e. The maximum Gasteiger partial charge on any atom is 0.346 e. The van der Waals surface area contributed by atoms with E-state index in [4.69, 9.17) is 55.8 Å². The van der Waals surface area contributed by atoms with Crippen LogP contribution in [-0.2, 0) is 32.1 Å². The molecule has 0 heterocycles. The van der Waals surface area contributed by atoms with Gasteiger partial charge < -0.3 is 23.7 Å². The number of halogens is 7. The quantitative estimate of drug-likeness (QED) is 0.0236. The first-order valence-corrected chi connectivity index (χ1v) is 43.6. The second-order valence-electron chi connectivity index (χ2n) is 31.6. The Hall–Kier alpha value is -17.0. The van der Waals surface area contributed by atoms with Gasteiger partial charge in [-0.05, 0) is 273 Å². The molecule has 0 saturated heterocycles. The highest BCUT2D eigenvalue weighted by Gasteiger charge is 2.23. The molecule has 0 unspecified atom stereocenters. The number of esters is 5. The van der Waals surface area contributed by atoms with E-state index in [1.165, 1.54) is 49.4 Å². The summed E-state index contributed by atoms with van der Waals surface area (Å²) >= 11 is 0. The van der Waals surface area contributed by atoms with Crippen LogP contribution in [-0.4, -0.2) is 29.8 Å². The Balaban J connectivity index is 0.000000164. The molecule has 17 heteroatoms. The summed E-state index contributed by atoms with van der Waals surface area (Å²) in [5.41, 5.74) is 15.6. The Bertz CT molecular complexity index is 6800. The lowest BCUT2D eigenvalue weighted by Crippen LogP contribution is -2.12. The minimum atomic E-state index is -1.23. The van der Waals surface area contributed by atoms with Crippen LogP contribution in [0, 0.1) is 137 Å². The van der Waals surface area contributed by atoms with Gasteiger partial charge in [-0.25, -0.2) is 54.7 Å². The van der Waals surface area contributed by atoms with Crippen molar-refractivity contribution in [1.82, 2.24) is 0 Å². The second-order valence-corrected chi connectivity index (χ2v) is 31.6. The summed E-state index contributed by atoms with van der Waals surface area (Å²) in [6.07, 6.45) is 32.2. The summed E-state index contributed by atoms with van der Waals surface area (Å²) in [7, 11) is 0. The molecular weight excluding hydrogens is 1730 g/mol. The molecule has 0 radical (unpaired) electrons. The Morgan fingerprint density at radius 3 is 0.876 bits per heavy atom. The molecule has 0 aliphatic heterocycles. The topological polar surface area (TPSA) is 132 Å². The number of ether oxygens (including phenoxy) is 5. The van der Waals surface area contributed by atoms with Crippen LogP contribution < -0.4 is 23.7 Å². The normalized spacial score (nSPS) is 10.3. The van der Waals surface area contributed by atoms with E-state index in [0.717, 1.165) is 67.6 Å². The van der Waals surface area contributed by atoms with Crippen molar-refractivity contribution in [2.24, 2.45) is 0 Å². The van der Waals surface area contributed by atoms with Crippen LogP contribution in [0.25, 0.3) is 55.6 Å². The van der Waals surface area contributed by atoms with E-state index in [1.807, 2.05) is 107 Å². The van der Waals surface area contributed by atoms with Crippen molar-refractivity contribution in [3.63, 3.8) is 0 Å². The Labute approximate surface area is 794 Å². The molecule has 0 saturated carbocycles. The third-order valence-corrected chi connectivity index (χ3v) is 21.6. The average molecular weight is 1830 g/mol. The maximum atomic E-state index is 14.5. The van der Waals surface area contributed by atoms with Gasteiger partial charge in [-0.15, -0.1) is 61.7 Å². The van der Waals surface area contributed by atoms with Gasteiger partial charge in [0.05, 0.1) is 27.8 Å². The molecule has 15 aromatic carbocycles. The Morgan fingerprint density at radius 2 is 0.496 bits per heavy atom. The number of rotatable bonds is 25. The highest BCUT2D eigenvalue weighted by Crippen LogP contribution is 2.34. The molecule has 0 fully saturated rings. The molecule has 15 rings (SSSR count). The standard InChI is InChI=1S/2C24H18F2O2.3C24H19FO2/c1-3-4-5-17-8-12-19(13-9-17)28-24(27)21-15-14-20(22(25)23(21)26)18-10-6-16(2)7-11-18;1-3-4-5-17-7-9-19(10-8-17)24(27)28-20-13-11-18(12-14-20)21-15-6-16(2)22(25)23(21)26;1-3-4-5-18-8-15-22(23(25)16-18)19-9-11-20(12-10-19)24(26)27-21-13-6-17(2)7-14-21;2*1-3-4-5-19-10-11-21(16-23(19)25)18-12-14-22(15-13-18)27-24(26)20-8-6-17(2)7-9-20/h2*1,6-15H,4-5H2,2H3;3*1,6-16H,4-5H2,2H3.